The van der Waals surface area contributed by atoms with Gasteiger partial charge in [0, 0.05) is 68.3 Å². The van der Waals surface area contributed by atoms with Crippen LogP contribution in [-0.4, -0.2) is 78.6 Å². The molecule has 1 aromatic heterocycles. The van der Waals surface area contributed by atoms with Crippen molar-refractivity contribution in [3.8, 4) is 0 Å². The Kier molecular flexibility index (Phi) is 11.1. The fourth-order valence-electron chi connectivity index (χ4n) is 4.79. The molecule has 1 N–H and O–H groups in total. The van der Waals surface area contributed by atoms with Crippen LogP contribution in [0.15, 0.2) is 57.3 Å². The van der Waals surface area contributed by atoms with E-state index in [1.54, 1.807) is 35.7 Å². The molecule has 1 aliphatic heterocycles. The summed E-state index contributed by atoms with van der Waals surface area (Å²) in [5.41, 5.74) is 2.54. The van der Waals surface area contributed by atoms with Crippen molar-refractivity contribution >= 4 is 41.1 Å². The molecule has 1 aliphatic rings. The van der Waals surface area contributed by atoms with Gasteiger partial charge in [0.05, 0.1) is 12.4 Å². The Bertz CT molecular complexity index is 1430. The Morgan fingerprint density at radius 3 is 2.49 bits per heavy atom. The molecular weight excluding hydrogens is 549 g/mol. The first-order valence-electron chi connectivity index (χ1n) is 13.6. The lowest BCUT2D eigenvalue weighted by atomic mass is 10.0. The van der Waals surface area contributed by atoms with E-state index in [2.05, 4.69) is 30.0 Å². The third kappa shape index (κ3) is 8.90. The number of halogens is 3. The minimum atomic E-state index is -4.23. The summed E-state index contributed by atoms with van der Waals surface area (Å²) in [6, 6.07) is 9.95. The molecule has 0 amide bonds. The molecule has 0 aliphatic carbocycles. The molecule has 1 atom stereocenters. The maximum atomic E-state index is 13.6. The van der Waals surface area contributed by atoms with E-state index in [9.17, 15) is 18.0 Å². The number of rotatable bonds is 10. The Morgan fingerprint density at radius 2 is 1.88 bits per heavy atom. The van der Waals surface area contributed by atoms with Crippen LogP contribution in [0.5, 0.6) is 0 Å². The quantitative estimate of drug-likeness (QED) is 0.195. The molecule has 0 radical (unpaired) electrons. The zero-order valence-corrected chi connectivity index (χ0v) is 25.6. The van der Waals surface area contributed by atoms with E-state index in [0.717, 1.165) is 26.9 Å². The van der Waals surface area contributed by atoms with Crippen LogP contribution in [0.3, 0.4) is 0 Å². The summed E-state index contributed by atoms with van der Waals surface area (Å²) in [5, 5.41) is 11.1. The summed E-state index contributed by atoms with van der Waals surface area (Å²) in [4.78, 5) is 18.1. The van der Waals surface area contributed by atoms with Crippen LogP contribution in [0.1, 0.15) is 27.7 Å². The van der Waals surface area contributed by atoms with Crippen molar-refractivity contribution in [2.75, 3.05) is 55.9 Å². The lowest BCUT2D eigenvalue weighted by Crippen LogP contribution is -2.53. The van der Waals surface area contributed by atoms with E-state index < -0.39 is 12.7 Å². The molecule has 1 aromatic carbocycles. The van der Waals surface area contributed by atoms with E-state index >= 15 is 0 Å². The van der Waals surface area contributed by atoms with Crippen molar-refractivity contribution in [2.45, 2.75) is 44.8 Å². The molecule has 11 heteroatoms. The molecule has 0 unspecified atom stereocenters. The van der Waals surface area contributed by atoms with Crippen LogP contribution < -0.4 is 26.2 Å². The van der Waals surface area contributed by atoms with Gasteiger partial charge in [0.2, 0.25) is 0 Å². The monoisotopic (exact) mass is 590 g/mol. The Balaban J connectivity index is 1.99. The number of piperazine rings is 1. The molecule has 0 spiro atoms. The number of pyridine rings is 1. The fraction of sp³-hybridized carbons (Fsp3) is 0.467. The highest BCUT2D eigenvalue weighted by Gasteiger charge is 2.32. The van der Waals surface area contributed by atoms with Crippen LogP contribution in [0.2, 0.25) is 0 Å². The molecule has 7 nitrogen and oxygen atoms in total. The average molecular weight is 591 g/mol. The number of hydrazone groups is 1. The number of alkyl halides is 3. The van der Waals surface area contributed by atoms with Crippen molar-refractivity contribution in [3.63, 3.8) is 0 Å². The smallest absolute Gasteiger partial charge is 0.378 e. The Labute approximate surface area is 244 Å². The first kappa shape index (κ1) is 32.3. The van der Waals surface area contributed by atoms with Crippen LogP contribution in [0, 0.1) is 0 Å². The largest absolute Gasteiger partial charge is 0.401 e. The van der Waals surface area contributed by atoms with Crippen molar-refractivity contribution in [1.29, 1.82) is 0 Å². The normalized spacial score (nSPS) is 16.7. The standard InChI is InChI=1S/C30H41F3N6OS/c1-8-34-36(6)20-41-27-12-10-9-11-26(27)35-23(5)22(4)24-18-28(37(7)29(40)25(24)17-21(2)3)39-15-13-38(14-16-39)19-30(31,32)33/h8-12,17-18,23,35H,2,13-16,19-20H2,1,3-7H3/b24-22+,25-17+,34-8-/t23-/m1/s1. The first-order chi connectivity index (χ1) is 19.3. The summed E-state index contributed by atoms with van der Waals surface area (Å²) < 4.78 is 40.3. The van der Waals surface area contributed by atoms with Crippen molar-refractivity contribution in [3.05, 3.63) is 63.3 Å². The lowest BCUT2D eigenvalue weighted by Gasteiger charge is -2.37. The number of anilines is 2. The van der Waals surface area contributed by atoms with Crippen LogP contribution in [0.4, 0.5) is 24.7 Å². The van der Waals surface area contributed by atoms with Gasteiger partial charge < -0.3 is 10.2 Å². The van der Waals surface area contributed by atoms with Crippen LogP contribution in [0.25, 0.3) is 11.6 Å². The van der Waals surface area contributed by atoms with Crippen LogP contribution in [-0.2, 0) is 7.05 Å². The summed E-state index contributed by atoms with van der Waals surface area (Å²) in [7, 11) is 3.64. The minimum Gasteiger partial charge on any atom is -0.378 e. The van der Waals surface area contributed by atoms with Gasteiger partial charge in [-0.3, -0.25) is 19.3 Å². The van der Waals surface area contributed by atoms with Gasteiger partial charge in [-0.1, -0.05) is 24.3 Å². The van der Waals surface area contributed by atoms with E-state index in [1.807, 2.05) is 62.0 Å². The predicted molar refractivity (Wildman–Crippen MR) is 166 cm³/mol. The number of benzene rings is 1. The van der Waals surface area contributed by atoms with Gasteiger partial charge in [-0.05, 0) is 62.8 Å². The SMILES string of the molecule is C=C(C)/C=c1/c(=O)n(C)c(N2CCN(CC(F)(F)F)CC2)c/c1=C(/C)[C@@H](C)Nc1ccccc1SCN(C)/N=C\C. The zero-order valence-electron chi connectivity index (χ0n) is 24.8. The van der Waals surface area contributed by atoms with Gasteiger partial charge in [0.1, 0.15) is 5.82 Å². The second-order valence-corrected chi connectivity index (χ2v) is 11.4. The maximum Gasteiger partial charge on any atom is 0.401 e. The molecule has 0 bridgehead atoms. The van der Waals surface area contributed by atoms with Crippen LogP contribution >= 0.6 is 11.8 Å². The van der Waals surface area contributed by atoms with Gasteiger partial charge in [0.25, 0.3) is 5.56 Å². The van der Waals surface area contributed by atoms with E-state index in [0.29, 0.717) is 30.0 Å². The Morgan fingerprint density at radius 1 is 1.22 bits per heavy atom. The molecule has 41 heavy (non-hydrogen) atoms. The summed E-state index contributed by atoms with van der Waals surface area (Å²) in [6.45, 7) is 12.2. The van der Waals surface area contributed by atoms with E-state index in [-0.39, 0.29) is 24.7 Å². The summed E-state index contributed by atoms with van der Waals surface area (Å²) in [6.07, 6.45) is -0.674. The zero-order chi connectivity index (χ0) is 30.3. The van der Waals surface area contributed by atoms with Gasteiger partial charge >= 0.3 is 6.18 Å². The summed E-state index contributed by atoms with van der Waals surface area (Å²) in [5.74, 6) is 1.38. The number of para-hydroxylation sites is 1. The number of thioether (sulfide) groups is 1. The fourth-order valence-corrected chi connectivity index (χ4v) is 5.64. The molecule has 0 saturated carbocycles. The molecule has 3 rings (SSSR count). The highest BCUT2D eigenvalue weighted by atomic mass is 32.2. The number of aromatic nitrogens is 1. The van der Waals surface area contributed by atoms with Crippen molar-refractivity contribution < 1.29 is 13.2 Å². The van der Waals surface area contributed by atoms with Gasteiger partial charge in [0.15, 0.2) is 0 Å². The van der Waals surface area contributed by atoms with Gasteiger partial charge in [-0.2, -0.15) is 18.3 Å². The van der Waals surface area contributed by atoms with Gasteiger partial charge in [-0.15, -0.1) is 11.8 Å². The number of allylic oxidation sites excluding steroid dienone is 1. The minimum absolute atomic E-state index is 0.121. The molecule has 1 saturated heterocycles. The Hall–Kier alpha value is -3.18. The third-order valence-corrected chi connectivity index (χ3v) is 8.15. The highest BCUT2D eigenvalue weighted by molar-refractivity contribution is 7.99. The number of nitrogens with zero attached hydrogens (tertiary/aromatic N) is 5. The lowest BCUT2D eigenvalue weighted by molar-refractivity contribution is -0.146. The second kappa shape index (κ2) is 14.1. The maximum absolute atomic E-state index is 13.6. The molecule has 224 valence electrons. The summed E-state index contributed by atoms with van der Waals surface area (Å²) >= 11 is 1.67. The number of hydrogen-bond donors (Lipinski definition) is 1. The predicted octanol–water partition coefficient (Wildman–Crippen LogP) is 4.08. The third-order valence-electron chi connectivity index (χ3n) is 6.99. The molecule has 2 aromatic rings. The topological polar surface area (TPSA) is 56.1 Å². The first-order valence-corrected chi connectivity index (χ1v) is 14.6. The molecule has 1 fully saturated rings. The van der Waals surface area contributed by atoms with E-state index in [4.69, 9.17) is 0 Å². The van der Waals surface area contributed by atoms with E-state index in [1.165, 1.54) is 4.90 Å². The van der Waals surface area contributed by atoms with Crippen molar-refractivity contribution in [1.82, 2.24) is 14.5 Å². The number of nitrogens with one attached hydrogen (secondary N) is 1. The average Bonchev–Trinajstić information content (AvgIpc) is 2.90. The van der Waals surface area contributed by atoms with Crippen molar-refractivity contribution in [2.24, 2.45) is 12.1 Å². The number of hydrogen-bond acceptors (Lipinski definition) is 7. The second-order valence-electron chi connectivity index (χ2n) is 10.4. The molecular formula is C30H41F3N6OS. The highest BCUT2D eigenvalue weighted by Crippen LogP contribution is 2.28. The van der Waals surface area contributed by atoms with Gasteiger partial charge in [-0.25, -0.2) is 0 Å². The molecule has 2 heterocycles.